The molecule has 4 nitrogen and oxygen atoms in total. The van der Waals surface area contributed by atoms with Gasteiger partial charge in [0.25, 0.3) is 0 Å². The van der Waals surface area contributed by atoms with Crippen molar-refractivity contribution in [1.29, 1.82) is 0 Å². The second-order valence-electron chi connectivity index (χ2n) is 5.02. The normalized spacial score (nSPS) is 21.2. The Morgan fingerprint density at radius 2 is 2.41 bits per heavy atom. The van der Waals surface area contributed by atoms with E-state index in [1.165, 1.54) is 24.9 Å². The summed E-state index contributed by atoms with van der Waals surface area (Å²) in [6, 6.07) is 0.723. The number of nitrogens with one attached hydrogen (secondary N) is 1. The first kappa shape index (κ1) is 12.6. The van der Waals surface area contributed by atoms with Gasteiger partial charge in [0, 0.05) is 37.4 Å². The first-order valence-electron chi connectivity index (χ1n) is 6.72. The molecule has 1 aromatic heterocycles. The number of hydrogen-bond donors (Lipinski definition) is 1. The summed E-state index contributed by atoms with van der Waals surface area (Å²) in [5.41, 5.74) is 1.29. The molecule has 1 aliphatic rings. The Morgan fingerprint density at radius 3 is 3.12 bits per heavy atom. The van der Waals surface area contributed by atoms with Crippen LogP contribution < -0.4 is 5.32 Å². The number of nitrogens with zero attached hydrogens (tertiary/aromatic N) is 3. The molecule has 0 spiro atoms. The third kappa shape index (κ3) is 3.54. The summed E-state index contributed by atoms with van der Waals surface area (Å²) in [7, 11) is 2.22. The largest absolute Gasteiger partial charge is 0.311 e. The van der Waals surface area contributed by atoms with Crippen LogP contribution in [0.2, 0.25) is 0 Å². The van der Waals surface area contributed by atoms with Gasteiger partial charge in [-0.15, -0.1) is 0 Å². The minimum atomic E-state index is 0.723. The summed E-state index contributed by atoms with van der Waals surface area (Å²) in [6.07, 6.45) is 7.94. The third-order valence-corrected chi connectivity index (χ3v) is 3.52. The van der Waals surface area contributed by atoms with Crippen molar-refractivity contribution < 1.29 is 0 Å². The van der Waals surface area contributed by atoms with Crippen LogP contribution in [0, 0.1) is 0 Å². The Morgan fingerprint density at radius 1 is 1.53 bits per heavy atom. The first-order valence-corrected chi connectivity index (χ1v) is 6.72. The maximum absolute atomic E-state index is 4.34. The molecule has 1 atom stereocenters. The zero-order valence-corrected chi connectivity index (χ0v) is 11.0. The van der Waals surface area contributed by atoms with E-state index in [2.05, 4.69) is 35.5 Å². The minimum Gasteiger partial charge on any atom is -0.311 e. The van der Waals surface area contributed by atoms with Crippen LogP contribution in [-0.2, 0) is 13.1 Å². The van der Waals surface area contributed by atoms with Gasteiger partial charge < -0.3 is 10.2 Å². The topological polar surface area (TPSA) is 33.1 Å². The SMILES string of the molecule is CCCn1cc(CNCC2CCCN2C)cn1. The molecule has 2 heterocycles. The fraction of sp³-hybridized carbons (Fsp3) is 0.769. The second kappa shape index (κ2) is 6.17. The summed E-state index contributed by atoms with van der Waals surface area (Å²) in [6.45, 7) is 6.48. The van der Waals surface area contributed by atoms with Crippen molar-refractivity contribution in [1.82, 2.24) is 20.0 Å². The fourth-order valence-electron chi connectivity index (χ4n) is 2.47. The van der Waals surface area contributed by atoms with Crippen LogP contribution >= 0.6 is 0 Å². The van der Waals surface area contributed by atoms with Gasteiger partial charge in [0.05, 0.1) is 6.20 Å². The number of likely N-dealkylation sites (tertiary alicyclic amines) is 1. The van der Waals surface area contributed by atoms with Crippen LogP contribution in [0.1, 0.15) is 31.7 Å². The highest BCUT2D eigenvalue weighted by molar-refractivity contribution is 5.03. The average Bonchev–Trinajstić information content (AvgIpc) is 2.90. The van der Waals surface area contributed by atoms with Gasteiger partial charge in [-0.1, -0.05) is 6.92 Å². The Hall–Kier alpha value is -0.870. The summed E-state index contributed by atoms with van der Waals surface area (Å²) in [5.74, 6) is 0. The molecule has 1 fully saturated rings. The molecule has 1 unspecified atom stereocenters. The zero-order valence-electron chi connectivity index (χ0n) is 11.0. The number of aromatic nitrogens is 2. The third-order valence-electron chi connectivity index (χ3n) is 3.52. The molecule has 1 aromatic rings. The first-order chi connectivity index (χ1) is 8.29. The summed E-state index contributed by atoms with van der Waals surface area (Å²) < 4.78 is 2.03. The predicted molar refractivity (Wildman–Crippen MR) is 69.9 cm³/mol. The molecule has 2 rings (SSSR count). The molecule has 1 aliphatic heterocycles. The number of aryl methyl sites for hydroxylation is 1. The van der Waals surface area contributed by atoms with Crippen LogP contribution in [0.3, 0.4) is 0 Å². The van der Waals surface area contributed by atoms with Crippen molar-refractivity contribution in [2.45, 2.75) is 45.3 Å². The monoisotopic (exact) mass is 236 g/mol. The van der Waals surface area contributed by atoms with Crippen LogP contribution in [0.15, 0.2) is 12.4 Å². The Bertz CT molecular complexity index is 334. The lowest BCUT2D eigenvalue weighted by Gasteiger charge is -2.19. The molecule has 0 radical (unpaired) electrons. The van der Waals surface area contributed by atoms with Gasteiger partial charge in [0.1, 0.15) is 0 Å². The maximum atomic E-state index is 4.34. The smallest absolute Gasteiger partial charge is 0.0534 e. The molecule has 1 saturated heterocycles. The van der Waals surface area contributed by atoms with Crippen LogP contribution in [0.4, 0.5) is 0 Å². The standard InChI is InChI=1S/C13H24N4/c1-3-6-17-11-12(9-15-17)8-14-10-13-5-4-7-16(13)2/h9,11,13-14H,3-8,10H2,1-2H3. The molecule has 0 saturated carbocycles. The molecule has 96 valence electrons. The molecule has 0 aromatic carbocycles. The Balaban J connectivity index is 1.70. The van der Waals surface area contributed by atoms with Crippen molar-refractivity contribution >= 4 is 0 Å². The summed E-state index contributed by atoms with van der Waals surface area (Å²) in [4.78, 5) is 2.45. The van der Waals surface area contributed by atoms with E-state index >= 15 is 0 Å². The molecule has 4 heteroatoms. The van der Waals surface area contributed by atoms with E-state index in [4.69, 9.17) is 0 Å². The van der Waals surface area contributed by atoms with Crippen molar-refractivity contribution in [3.8, 4) is 0 Å². The minimum absolute atomic E-state index is 0.723. The van der Waals surface area contributed by atoms with E-state index in [9.17, 15) is 0 Å². The number of likely N-dealkylation sites (N-methyl/N-ethyl adjacent to an activating group) is 1. The van der Waals surface area contributed by atoms with Crippen LogP contribution in [-0.4, -0.2) is 40.9 Å². The zero-order chi connectivity index (χ0) is 12.1. The molecule has 0 bridgehead atoms. The van der Waals surface area contributed by atoms with Gasteiger partial charge >= 0.3 is 0 Å². The van der Waals surface area contributed by atoms with Crippen LogP contribution in [0.25, 0.3) is 0 Å². The van der Waals surface area contributed by atoms with E-state index < -0.39 is 0 Å². The quantitative estimate of drug-likeness (QED) is 0.812. The Labute approximate surface area is 104 Å². The highest BCUT2D eigenvalue weighted by Gasteiger charge is 2.19. The highest BCUT2D eigenvalue weighted by Crippen LogP contribution is 2.13. The molecule has 0 amide bonds. The van der Waals surface area contributed by atoms with Gasteiger partial charge in [0.15, 0.2) is 0 Å². The van der Waals surface area contributed by atoms with Crippen molar-refractivity contribution in [2.75, 3.05) is 20.1 Å². The predicted octanol–water partition coefficient (Wildman–Crippen LogP) is 1.48. The highest BCUT2D eigenvalue weighted by atomic mass is 15.3. The van der Waals surface area contributed by atoms with E-state index in [-0.39, 0.29) is 0 Å². The lowest BCUT2D eigenvalue weighted by molar-refractivity contribution is 0.300. The number of rotatable bonds is 6. The van der Waals surface area contributed by atoms with Crippen molar-refractivity contribution in [3.05, 3.63) is 18.0 Å². The van der Waals surface area contributed by atoms with E-state index in [1.807, 2.05) is 10.9 Å². The molecule has 17 heavy (non-hydrogen) atoms. The van der Waals surface area contributed by atoms with E-state index in [0.717, 1.165) is 32.1 Å². The van der Waals surface area contributed by atoms with Crippen molar-refractivity contribution in [3.63, 3.8) is 0 Å². The summed E-state index contributed by atoms with van der Waals surface area (Å²) >= 11 is 0. The molecular formula is C13H24N4. The average molecular weight is 236 g/mol. The fourth-order valence-corrected chi connectivity index (χ4v) is 2.47. The molecule has 0 aliphatic carbocycles. The maximum Gasteiger partial charge on any atom is 0.0534 e. The Kier molecular flexibility index (Phi) is 4.57. The van der Waals surface area contributed by atoms with Gasteiger partial charge in [-0.05, 0) is 32.9 Å². The lowest BCUT2D eigenvalue weighted by atomic mass is 10.2. The van der Waals surface area contributed by atoms with E-state index in [1.54, 1.807) is 0 Å². The lowest BCUT2D eigenvalue weighted by Crippen LogP contribution is -2.35. The van der Waals surface area contributed by atoms with Gasteiger partial charge in [-0.2, -0.15) is 5.10 Å². The van der Waals surface area contributed by atoms with Crippen molar-refractivity contribution in [2.24, 2.45) is 0 Å². The number of hydrogen-bond acceptors (Lipinski definition) is 3. The van der Waals surface area contributed by atoms with Gasteiger partial charge in [-0.3, -0.25) is 4.68 Å². The van der Waals surface area contributed by atoms with E-state index in [0.29, 0.717) is 0 Å². The second-order valence-corrected chi connectivity index (χ2v) is 5.02. The molecule has 1 N–H and O–H groups in total. The van der Waals surface area contributed by atoms with Gasteiger partial charge in [0.2, 0.25) is 0 Å². The molecular weight excluding hydrogens is 212 g/mol. The van der Waals surface area contributed by atoms with Gasteiger partial charge in [-0.25, -0.2) is 0 Å². The van der Waals surface area contributed by atoms with Crippen LogP contribution in [0.5, 0.6) is 0 Å². The summed E-state index contributed by atoms with van der Waals surface area (Å²) in [5, 5.41) is 7.87.